The summed E-state index contributed by atoms with van der Waals surface area (Å²) < 4.78 is 29.5. The highest BCUT2D eigenvalue weighted by atomic mass is 32.2. The Kier molecular flexibility index (Phi) is 7.08. The van der Waals surface area contributed by atoms with E-state index in [1.807, 2.05) is 23.6 Å². The van der Waals surface area contributed by atoms with Gasteiger partial charge in [-0.05, 0) is 46.5 Å². The van der Waals surface area contributed by atoms with Crippen LogP contribution in [0.1, 0.15) is 30.0 Å². The molecule has 1 aliphatic heterocycles. The van der Waals surface area contributed by atoms with Crippen LogP contribution in [0, 0.1) is 0 Å². The summed E-state index contributed by atoms with van der Waals surface area (Å²) >= 11 is 1.57. The Hall–Kier alpha value is -2.79. The van der Waals surface area contributed by atoms with Crippen LogP contribution in [-0.2, 0) is 25.4 Å². The Morgan fingerprint density at radius 3 is 2.67 bits per heavy atom. The number of carbonyl (C=O) groups excluding carboxylic acids is 2. The molecular formula is C23H25N3O5S2. The van der Waals surface area contributed by atoms with Crippen molar-refractivity contribution in [2.45, 2.75) is 24.6 Å². The molecule has 2 amide bonds. The van der Waals surface area contributed by atoms with E-state index >= 15 is 0 Å². The number of likely N-dealkylation sites (tertiary alicyclic amines) is 1. The number of amides is 2. The summed E-state index contributed by atoms with van der Waals surface area (Å²) in [6, 6.07) is 14.6. The van der Waals surface area contributed by atoms with E-state index in [1.54, 1.807) is 58.1 Å². The van der Waals surface area contributed by atoms with Crippen LogP contribution in [0.2, 0.25) is 0 Å². The van der Waals surface area contributed by atoms with Crippen molar-refractivity contribution in [1.29, 1.82) is 0 Å². The molecule has 3 aromatic rings. The van der Waals surface area contributed by atoms with Gasteiger partial charge in [-0.2, -0.15) is 4.31 Å². The second-order valence-electron chi connectivity index (χ2n) is 7.93. The fraction of sp³-hybridized carbons (Fsp3) is 0.304. The van der Waals surface area contributed by atoms with Crippen LogP contribution in [0.3, 0.4) is 0 Å². The van der Waals surface area contributed by atoms with E-state index < -0.39 is 22.0 Å². The van der Waals surface area contributed by atoms with Gasteiger partial charge in [-0.1, -0.05) is 36.4 Å². The number of nitrogens with one attached hydrogen (secondary N) is 1. The maximum atomic E-state index is 13.7. The first-order chi connectivity index (χ1) is 15.9. The molecule has 1 fully saturated rings. The number of hydrogen-bond acceptors (Lipinski definition) is 6. The smallest absolute Gasteiger partial charge is 0.266 e. The lowest BCUT2D eigenvalue weighted by molar-refractivity contribution is -0.133. The second kappa shape index (κ2) is 10.0. The summed E-state index contributed by atoms with van der Waals surface area (Å²) in [5, 5.41) is 12.3. The zero-order chi connectivity index (χ0) is 23.4. The molecule has 0 radical (unpaired) electrons. The molecular weight excluding hydrogens is 462 g/mol. The second-order valence-corrected chi connectivity index (χ2v) is 10.8. The lowest BCUT2D eigenvalue weighted by atomic mass is 10.1. The third-order valence-corrected chi connectivity index (χ3v) is 8.45. The number of hydrogen-bond donors (Lipinski definition) is 2. The van der Waals surface area contributed by atoms with E-state index in [0.29, 0.717) is 24.1 Å². The molecule has 2 aromatic carbocycles. The standard InChI is InChI=1S/C23H25N3O5S2/c27-21-7-4-11-25(21)12-13-26(22(23(28)24-29)18-5-2-1-3-6-18)33(30,31)16-17-8-9-20-19(15-17)10-14-32-20/h1-3,5-6,8-10,14-15,22,29H,4,7,11-13,16H2,(H,24,28)/t22-/m1/s1. The number of rotatable bonds is 9. The van der Waals surface area contributed by atoms with Crippen molar-refractivity contribution in [2.75, 3.05) is 19.6 Å². The van der Waals surface area contributed by atoms with Crippen molar-refractivity contribution >= 4 is 43.3 Å². The molecule has 0 spiro atoms. The third kappa shape index (κ3) is 5.25. The van der Waals surface area contributed by atoms with Crippen LogP contribution in [0.5, 0.6) is 0 Å². The van der Waals surface area contributed by atoms with Crippen molar-refractivity contribution < 1.29 is 23.2 Å². The van der Waals surface area contributed by atoms with Gasteiger partial charge in [0.15, 0.2) is 0 Å². The molecule has 1 aliphatic rings. The molecule has 1 aromatic heterocycles. The average molecular weight is 488 g/mol. The van der Waals surface area contributed by atoms with E-state index in [0.717, 1.165) is 20.8 Å². The highest BCUT2D eigenvalue weighted by Crippen LogP contribution is 2.28. The molecule has 0 aliphatic carbocycles. The number of sulfonamides is 1. The number of benzene rings is 2. The zero-order valence-electron chi connectivity index (χ0n) is 17.9. The van der Waals surface area contributed by atoms with E-state index in [4.69, 9.17) is 0 Å². The van der Waals surface area contributed by atoms with Crippen molar-refractivity contribution in [1.82, 2.24) is 14.7 Å². The van der Waals surface area contributed by atoms with Gasteiger partial charge in [0.05, 0.1) is 5.75 Å². The third-order valence-electron chi connectivity index (χ3n) is 5.75. The van der Waals surface area contributed by atoms with E-state index in [9.17, 15) is 23.2 Å². The summed E-state index contributed by atoms with van der Waals surface area (Å²) in [6.45, 7) is 0.662. The Bertz CT molecular complexity index is 1240. The van der Waals surface area contributed by atoms with Gasteiger partial charge in [-0.25, -0.2) is 13.9 Å². The topological polar surface area (TPSA) is 107 Å². The molecule has 4 rings (SSSR count). The highest BCUT2D eigenvalue weighted by Gasteiger charge is 2.37. The summed E-state index contributed by atoms with van der Waals surface area (Å²) in [5.41, 5.74) is 2.63. The molecule has 33 heavy (non-hydrogen) atoms. The number of fused-ring (bicyclic) bond motifs is 1. The monoisotopic (exact) mass is 487 g/mol. The van der Waals surface area contributed by atoms with Crippen molar-refractivity contribution in [3.8, 4) is 0 Å². The van der Waals surface area contributed by atoms with Crippen molar-refractivity contribution in [3.63, 3.8) is 0 Å². The van der Waals surface area contributed by atoms with Gasteiger partial charge >= 0.3 is 0 Å². The highest BCUT2D eigenvalue weighted by molar-refractivity contribution is 7.88. The number of hydroxylamine groups is 1. The molecule has 8 nitrogen and oxygen atoms in total. The first kappa shape index (κ1) is 23.4. The molecule has 174 valence electrons. The minimum Gasteiger partial charge on any atom is -0.341 e. The van der Waals surface area contributed by atoms with Gasteiger partial charge in [0.2, 0.25) is 15.9 Å². The summed E-state index contributed by atoms with van der Waals surface area (Å²) in [7, 11) is -4.01. The van der Waals surface area contributed by atoms with Crippen LogP contribution < -0.4 is 5.48 Å². The van der Waals surface area contributed by atoms with Gasteiger partial charge in [-0.3, -0.25) is 14.8 Å². The van der Waals surface area contributed by atoms with E-state index in [1.165, 1.54) is 0 Å². The maximum Gasteiger partial charge on any atom is 0.266 e. The van der Waals surface area contributed by atoms with Gasteiger partial charge in [0.1, 0.15) is 6.04 Å². The van der Waals surface area contributed by atoms with Crippen LogP contribution >= 0.6 is 11.3 Å². The normalized spacial score (nSPS) is 15.3. The fourth-order valence-corrected chi connectivity index (χ4v) is 6.57. The summed E-state index contributed by atoms with van der Waals surface area (Å²) in [5.74, 6) is -1.20. The maximum absolute atomic E-state index is 13.7. The van der Waals surface area contributed by atoms with Gasteiger partial charge in [0.25, 0.3) is 5.91 Å². The van der Waals surface area contributed by atoms with Gasteiger partial charge < -0.3 is 4.90 Å². The Balaban J connectivity index is 1.69. The average Bonchev–Trinajstić information content (AvgIpc) is 3.44. The lowest BCUT2D eigenvalue weighted by Gasteiger charge is -2.31. The number of carbonyl (C=O) groups is 2. The number of nitrogens with zero attached hydrogens (tertiary/aromatic N) is 2. The van der Waals surface area contributed by atoms with E-state index in [-0.39, 0.29) is 24.7 Å². The Morgan fingerprint density at radius 2 is 1.97 bits per heavy atom. The summed E-state index contributed by atoms with van der Waals surface area (Å²) in [6.07, 6.45) is 1.16. The largest absolute Gasteiger partial charge is 0.341 e. The molecule has 1 saturated heterocycles. The van der Waals surface area contributed by atoms with Crippen LogP contribution in [0.25, 0.3) is 10.1 Å². The number of thiophene rings is 1. The SMILES string of the molecule is O=C(NO)[C@@H](c1ccccc1)N(CCN1CCCC1=O)S(=O)(=O)Cc1ccc2sccc2c1. The molecule has 0 bridgehead atoms. The summed E-state index contributed by atoms with van der Waals surface area (Å²) in [4.78, 5) is 26.4. The first-order valence-corrected chi connectivity index (χ1v) is 13.1. The van der Waals surface area contributed by atoms with Crippen LogP contribution in [-0.4, -0.2) is 54.3 Å². The van der Waals surface area contributed by atoms with Gasteiger partial charge in [0, 0.05) is 30.8 Å². The van der Waals surface area contributed by atoms with Crippen molar-refractivity contribution in [3.05, 3.63) is 71.1 Å². The van der Waals surface area contributed by atoms with Crippen LogP contribution in [0.4, 0.5) is 0 Å². The van der Waals surface area contributed by atoms with Crippen LogP contribution in [0.15, 0.2) is 60.0 Å². The molecule has 2 heterocycles. The Labute approximate surface area is 196 Å². The quantitative estimate of drug-likeness (QED) is 0.357. The van der Waals surface area contributed by atoms with Gasteiger partial charge in [-0.15, -0.1) is 11.3 Å². The predicted molar refractivity (Wildman–Crippen MR) is 126 cm³/mol. The fourth-order valence-electron chi connectivity index (χ4n) is 4.13. The molecule has 10 heteroatoms. The molecule has 0 unspecified atom stereocenters. The molecule has 0 saturated carbocycles. The minimum atomic E-state index is -4.01. The predicted octanol–water partition coefficient (Wildman–Crippen LogP) is 2.90. The molecule has 1 atom stereocenters. The first-order valence-electron chi connectivity index (χ1n) is 10.6. The van der Waals surface area contributed by atoms with Crippen molar-refractivity contribution in [2.24, 2.45) is 0 Å². The van der Waals surface area contributed by atoms with E-state index in [2.05, 4.69) is 0 Å². The zero-order valence-corrected chi connectivity index (χ0v) is 19.5. The minimum absolute atomic E-state index is 0.0295. The Morgan fingerprint density at radius 1 is 1.18 bits per heavy atom. The lowest BCUT2D eigenvalue weighted by Crippen LogP contribution is -2.46. The molecule has 2 N–H and O–H groups in total.